The number of hydrogen-bond acceptors (Lipinski definition) is 1. The molecular weight excluding hydrogens is 262 g/mol. The Hall–Kier alpha value is -2.11. The van der Waals surface area contributed by atoms with Gasteiger partial charge in [0.2, 0.25) is 5.56 Å². The van der Waals surface area contributed by atoms with Crippen LogP contribution in [0.4, 0.5) is 17.6 Å². The van der Waals surface area contributed by atoms with E-state index in [1.54, 1.807) is 0 Å². The standard InChI is InChI=1S/C13H9F4NO/c1-7-9(3-2-4-10(7)14)11-5-8(13(15,16)17)6-12(19)18-11/h2-6H,1H3,(H,18,19). The minimum atomic E-state index is -4.62. The highest BCUT2D eigenvalue weighted by molar-refractivity contribution is 5.64. The summed E-state index contributed by atoms with van der Waals surface area (Å²) in [4.78, 5) is 13.6. The molecule has 0 bridgehead atoms. The zero-order valence-corrected chi connectivity index (χ0v) is 9.81. The lowest BCUT2D eigenvalue weighted by molar-refractivity contribution is -0.137. The van der Waals surface area contributed by atoms with Crippen molar-refractivity contribution in [3.05, 3.63) is 57.6 Å². The molecule has 0 aliphatic carbocycles. The number of H-pyrrole nitrogens is 1. The summed E-state index contributed by atoms with van der Waals surface area (Å²) in [7, 11) is 0. The number of aromatic amines is 1. The van der Waals surface area contributed by atoms with E-state index in [4.69, 9.17) is 0 Å². The number of halogens is 4. The van der Waals surface area contributed by atoms with Crippen LogP contribution in [0.25, 0.3) is 11.3 Å². The summed E-state index contributed by atoms with van der Waals surface area (Å²) in [5.74, 6) is -0.546. The largest absolute Gasteiger partial charge is 0.416 e. The fourth-order valence-corrected chi connectivity index (χ4v) is 1.75. The van der Waals surface area contributed by atoms with Gasteiger partial charge in [-0.3, -0.25) is 4.79 Å². The van der Waals surface area contributed by atoms with E-state index in [0.29, 0.717) is 6.07 Å². The highest BCUT2D eigenvalue weighted by Gasteiger charge is 2.31. The van der Waals surface area contributed by atoms with Crippen LogP contribution in [0.5, 0.6) is 0 Å². The van der Waals surface area contributed by atoms with Gasteiger partial charge in [0.25, 0.3) is 0 Å². The highest BCUT2D eigenvalue weighted by Crippen LogP contribution is 2.31. The summed E-state index contributed by atoms with van der Waals surface area (Å²) in [5, 5.41) is 0. The highest BCUT2D eigenvalue weighted by atomic mass is 19.4. The molecule has 0 unspecified atom stereocenters. The van der Waals surface area contributed by atoms with E-state index in [9.17, 15) is 22.4 Å². The predicted octanol–water partition coefficient (Wildman–Crippen LogP) is 3.51. The van der Waals surface area contributed by atoms with Crippen LogP contribution >= 0.6 is 0 Å². The number of nitrogens with one attached hydrogen (secondary N) is 1. The van der Waals surface area contributed by atoms with E-state index >= 15 is 0 Å². The molecule has 2 nitrogen and oxygen atoms in total. The lowest BCUT2D eigenvalue weighted by Gasteiger charge is -2.10. The van der Waals surface area contributed by atoms with Crippen LogP contribution in [-0.4, -0.2) is 4.98 Å². The molecule has 0 fully saturated rings. The molecule has 1 heterocycles. The van der Waals surface area contributed by atoms with Gasteiger partial charge in [0.15, 0.2) is 0 Å². The first-order chi connectivity index (χ1) is 8.79. The molecule has 0 spiro atoms. The molecule has 100 valence electrons. The van der Waals surface area contributed by atoms with Crippen molar-refractivity contribution in [3.63, 3.8) is 0 Å². The van der Waals surface area contributed by atoms with Gasteiger partial charge in [-0.15, -0.1) is 0 Å². The van der Waals surface area contributed by atoms with Crippen LogP contribution in [0.2, 0.25) is 0 Å². The van der Waals surface area contributed by atoms with Gasteiger partial charge in [0, 0.05) is 17.3 Å². The third kappa shape index (κ3) is 2.67. The van der Waals surface area contributed by atoms with Crippen LogP contribution in [0.15, 0.2) is 35.1 Å². The summed E-state index contributed by atoms with van der Waals surface area (Å²) in [6.45, 7) is 1.43. The summed E-state index contributed by atoms with van der Waals surface area (Å²) < 4.78 is 51.2. The van der Waals surface area contributed by atoms with Gasteiger partial charge in [0.1, 0.15) is 5.82 Å². The van der Waals surface area contributed by atoms with Crippen molar-refractivity contribution in [1.82, 2.24) is 4.98 Å². The summed E-state index contributed by atoms with van der Waals surface area (Å²) in [5.41, 5.74) is -1.60. The Morgan fingerprint density at radius 2 is 1.84 bits per heavy atom. The van der Waals surface area contributed by atoms with Crippen LogP contribution in [0.1, 0.15) is 11.1 Å². The fourth-order valence-electron chi connectivity index (χ4n) is 1.75. The summed E-state index contributed by atoms with van der Waals surface area (Å²) >= 11 is 0. The minimum absolute atomic E-state index is 0.0585. The van der Waals surface area contributed by atoms with Crippen molar-refractivity contribution in [2.45, 2.75) is 13.1 Å². The van der Waals surface area contributed by atoms with Gasteiger partial charge < -0.3 is 4.98 Å². The Kier molecular flexibility index (Phi) is 3.18. The maximum atomic E-state index is 13.4. The number of benzene rings is 1. The second-order valence-electron chi connectivity index (χ2n) is 4.06. The molecule has 0 saturated carbocycles. The molecule has 1 aromatic carbocycles. The van der Waals surface area contributed by atoms with Gasteiger partial charge in [-0.25, -0.2) is 4.39 Å². The third-order valence-electron chi connectivity index (χ3n) is 2.73. The van der Waals surface area contributed by atoms with Crippen molar-refractivity contribution in [3.8, 4) is 11.3 Å². The first kappa shape index (κ1) is 13.3. The van der Waals surface area contributed by atoms with E-state index < -0.39 is 23.1 Å². The fraction of sp³-hybridized carbons (Fsp3) is 0.154. The van der Waals surface area contributed by atoms with Gasteiger partial charge >= 0.3 is 6.18 Å². The van der Waals surface area contributed by atoms with E-state index in [2.05, 4.69) is 4.98 Å². The van der Waals surface area contributed by atoms with Gasteiger partial charge in [0.05, 0.1) is 5.56 Å². The Balaban J connectivity index is 2.67. The number of rotatable bonds is 1. The van der Waals surface area contributed by atoms with Crippen molar-refractivity contribution in [1.29, 1.82) is 0 Å². The minimum Gasteiger partial charge on any atom is -0.322 e. The summed E-state index contributed by atoms with van der Waals surface area (Å²) in [6.07, 6.45) is -4.62. The Morgan fingerprint density at radius 3 is 2.47 bits per heavy atom. The average molecular weight is 271 g/mol. The molecule has 0 aliphatic rings. The maximum absolute atomic E-state index is 13.4. The Morgan fingerprint density at radius 1 is 1.16 bits per heavy atom. The molecule has 19 heavy (non-hydrogen) atoms. The molecule has 0 amide bonds. The van der Waals surface area contributed by atoms with Crippen molar-refractivity contribution in [2.75, 3.05) is 0 Å². The SMILES string of the molecule is Cc1c(F)cccc1-c1cc(C(F)(F)F)cc(=O)[nH]1. The monoisotopic (exact) mass is 271 g/mol. The lowest BCUT2D eigenvalue weighted by Crippen LogP contribution is -2.14. The van der Waals surface area contributed by atoms with Crippen molar-refractivity contribution in [2.24, 2.45) is 0 Å². The first-order valence-electron chi connectivity index (χ1n) is 5.36. The molecule has 1 aromatic heterocycles. The van der Waals surface area contributed by atoms with Crippen molar-refractivity contribution < 1.29 is 17.6 Å². The van der Waals surface area contributed by atoms with Crippen molar-refractivity contribution >= 4 is 0 Å². The molecular formula is C13H9F4NO. The molecule has 0 radical (unpaired) electrons. The molecule has 0 aliphatic heterocycles. The van der Waals surface area contributed by atoms with E-state index in [-0.39, 0.29) is 16.8 Å². The van der Waals surface area contributed by atoms with E-state index in [1.165, 1.54) is 25.1 Å². The normalized spacial score (nSPS) is 11.6. The van der Waals surface area contributed by atoms with Crippen LogP contribution < -0.4 is 5.56 Å². The molecule has 6 heteroatoms. The zero-order chi connectivity index (χ0) is 14.2. The lowest BCUT2D eigenvalue weighted by atomic mass is 10.0. The van der Waals surface area contributed by atoms with Gasteiger partial charge in [-0.05, 0) is 24.6 Å². The number of aromatic nitrogens is 1. The second kappa shape index (κ2) is 4.53. The van der Waals surface area contributed by atoms with Gasteiger partial charge in [-0.1, -0.05) is 12.1 Å². The van der Waals surface area contributed by atoms with Crippen LogP contribution in [-0.2, 0) is 6.18 Å². The zero-order valence-electron chi connectivity index (χ0n) is 9.81. The number of hydrogen-bond donors (Lipinski definition) is 1. The summed E-state index contributed by atoms with van der Waals surface area (Å²) in [6, 6.07) is 5.28. The molecule has 2 aromatic rings. The Bertz CT molecular complexity index is 673. The molecule has 0 atom stereocenters. The number of pyridine rings is 1. The average Bonchev–Trinajstić information content (AvgIpc) is 2.31. The first-order valence-corrected chi connectivity index (χ1v) is 5.36. The topological polar surface area (TPSA) is 32.9 Å². The van der Waals surface area contributed by atoms with Crippen LogP contribution in [0, 0.1) is 12.7 Å². The maximum Gasteiger partial charge on any atom is 0.416 e. The van der Waals surface area contributed by atoms with Crippen LogP contribution in [0.3, 0.4) is 0 Å². The predicted molar refractivity (Wildman–Crippen MR) is 62.2 cm³/mol. The third-order valence-corrected chi connectivity index (χ3v) is 2.73. The van der Waals surface area contributed by atoms with E-state index in [0.717, 1.165) is 6.07 Å². The molecule has 1 N–H and O–H groups in total. The molecule has 0 saturated heterocycles. The quantitative estimate of drug-likeness (QED) is 0.791. The molecule has 2 rings (SSSR count). The Labute approximate surface area is 105 Å². The second-order valence-corrected chi connectivity index (χ2v) is 4.06. The van der Waals surface area contributed by atoms with Gasteiger partial charge in [-0.2, -0.15) is 13.2 Å². The van der Waals surface area contributed by atoms with E-state index in [1.807, 2.05) is 0 Å². The smallest absolute Gasteiger partial charge is 0.322 e. The number of alkyl halides is 3.